The lowest BCUT2D eigenvalue weighted by Gasteiger charge is -2.25. The van der Waals surface area contributed by atoms with Gasteiger partial charge in [-0.1, -0.05) is 24.3 Å². The Labute approximate surface area is 119 Å². The van der Waals surface area contributed by atoms with Gasteiger partial charge in [0.05, 0.1) is 0 Å². The normalized spacial score (nSPS) is 17.5. The van der Waals surface area contributed by atoms with Crippen molar-refractivity contribution in [3.63, 3.8) is 0 Å². The van der Waals surface area contributed by atoms with E-state index in [1.807, 2.05) is 12.2 Å². The van der Waals surface area contributed by atoms with E-state index in [1.54, 1.807) is 12.1 Å². The Morgan fingerprint density at radius 2 is 1.90 bits per heavy atom. The second kappa shape index (κ2) is 5.61. The highest BCUT2D eigenvalue weighted by atomic mass is 19.1. The van der Waals surface area contributed by atoms with Gasteiger partial charge in [0.2, 0.25) is 0 Å². The van der Waals surface area contributed by atoms with Gasteiger partial charge in [-0.2, -0.15) is 0 Å². The van der Waals surface area contributed by atoms with E-state index >= 15 is 0 Å². The number of carbonyl (C=O) groups excluding carboxylic acids is 1. The molecule has 0 fully saturated rings. The zero-order chi connectivity index (χ0) is 14.8. The number of nitrogens with one attached hydrogen (secondary N) is 1. The lowest BCUT2D eigenvalue weighted by Crippen LogP contribution is -2.36. The number of allylic oxidation sites excluding steroid dienone is 4. The van der Waals surface area contributed by atoms with Gasteiger partial charge in [0.1, 0.15) is 5.82 Å². The minimum absolute atomic E-state index is 0.126. The molecule has 20 heavy (non-hydrogen) atoms. The molecule has 0 saturated carbocycles. The van der Waals surface area contributed by atoms with Gasteiger partial charge in [-0.25, -0.2) is 4.39 Å². The van der Waals surface area contributed by atoms with Crippen molar-refractivity contribution < 1.29 is 9.18 Å². The standard InChI is InChI=1S/C17H20FNO/c1-17(2,3)19-15(14-5-4-6-16(14)20)11-12-7-9-13(18)10-8-12/h4-5,7-10,19H,6,11H2,1-3H3/b15-14-. The molecule has 1 aromatic rings. The summed E-state index contributed by atoms with van der Waals surface area (Å²) >= 11 is 0. The third kappa shape index (κ3) is 3.80. The summed E-state index contributed by atoms with van der Waals surface area (Å²) in [5.41, 5.74) is 2.50. The highest BCUT2D eigenvalue weighted by molar-refractivity contribution is 6.02. The van der Waals surface area contributed by atoms with Gasteiger partial charge in [0, 0.05) is 29.7 Å². The summed E-state index contributed by atoms with van der Waals surface area (Å²) in [7, 11) is 0. The first kappa shape index (κ1) is 14.5. The molecule has 0 atom stereocenters. The summed E-state index contributed by atoms with van der Waals surface area (Å²) < 4.78 is 13.0. The van der Waals surface area contributed by atoms with Crippen LogP contribution < -0.4 is 5.32 Å². The molecule has 2 nitrogen and oxygen atoms in total. The maximum Gasteiger partial charge on any atom is 0.168 e. The van der Waals surface area contributed by atoms with E-state index in [1.165, 1.54) is 12.1 Å². The number of carbonyl (C=O) groups is 1. The van der Waals surface area contributed by atoms with E-state index in [-0.39, 0.29) is 17.1 Å². The molecule has 0 aromatic heterocycles. The van der Waals surface area contributed by atoms with Gasteiger partial charge in [-0.15, -0.1) is 0 Å². The molecular formula is C17H20FNO. The Balaban J connectivity index is 2.30. The number of hydrogen-bond donors (Lipinski definition) is 1. The first-order valence-corrected chi connectivity index (χ1v) is 6.81. The minimum atomic E-state index is -0.247. The van der Waals surface area contributed by atoms with Crippen molar-refractivity contribution in [1.29, 1.82) is 0 Å². The topological polar surface area (TPSA) is 29.1 Å². The van der Waals surface area contributed by atoms with Crippen LogP contribution in [-0.2, 0) is 11.2 Å². The summed E-state index contributed by atoms with van der Waals surface area (Å²) in [4.78, 5) is 11.9. The van der Waals surface area contributed by atoms with Crippen molar-refractivity contribution in [2.45, 2.75) is 39.2 Å². The monoisotopic (exact) mass is 273 g/mol. The van der Waals surface area contributed by atoms with E-state index in [0.29, 0.717) is 12.8 Å². The lowest BCUT2D eigenvalue weighted by atomic mass is 10.0. The van der Waals surface area contributed by atoms with Gasteiger partial charge in [0.25, 0.3) is 0 Å². The number of hydrogen-bond acceptors (Lipinski definition) is 2. The average molecular weight is 273 g/mol. The molecule has 0 aliphatic heterocycles. The average Bonchev–Trinajstić information content (AvgIpc) is 2.76. The molecule has 0 amide bonds. The van der Waals surface area contributed by atoms with Crippen LogP contribution in [0.3, 0.4) is 0 Å². The van der Waals surface area contributed by atoms with Gasteiger partial charge >= 0.3 is 0 Å². The van der Waals surface area contributed by atoms with Crippen LogP contribution in [0.2, 0.25) is 0 Å². The van der Waals surface area contributed by atoms with Gasteiger partial charge in [-0.05, 0) is 38.5 Å². The van der Waals surface area contributed by atoms with E-state index < -0.39 is 0 Å². The molecule has 3 heteroatoms. The number of ketones is 1. The van der Waals surface area contributed by atoms with Gasteiger partial charge in [-0.3, -0.25) is 4.79 Å². The molecule has 0 saturated heterocycles. The van der Waals surface area contributed by atoms with Crippen molar-refractivity contribution in [3.05, 3.63) is 59.1 Å². The molecule has 2 rings (SSSR count). The summed E-state index contributed by atoms with van der Waals surface area (Å²) in [6, 6.07) is 6.40. The minimum Gasteiger partial charge on any atom is -0.383 e. The molecule has 1 N–H and O–H groups in total. The smallest absolute Gasteiger partial charge is 0.168 e. The van der Waals surface area contributed by atoms with E-state index in [4.69, 9.17) is 0 Å². The zero-order valence-corrected chi connectivity index (χ0v) is 12.2. The highest BCUT2D eigenvalue weighted by Crippen LogP contribution is 2.21. The van der Waals surface area contributed by atoms with Crippen molar-refractivity contribution >= 4 is 5.78 Å². The first-order chi connectivity index (χ1) is 9.35. The largest absolute Gasteiger partial charge is 0.383 e. The molecule has 1 aromatic carbocycles. The predicted molar refractivity (Wildman–Crippen MR) is 78.8 cm³/mol. The quantitative estimate of drug-likeness (QED) is 0.853. The fraction of sp³-hybridized carbons (Fsp3) is 0.353. The lowest BCUT2D eigenvalue weighted by molar-refractivity contribution is -0.114. The van der Waals surface area contributed by atoms with E-state index in [2.05, 4.69) is 26.1 Å². The van der Waals surface area contributed by atoms with Crippen LogP contribution in [0.4, 0.5) is 4.39 Å². The highest BCUT2D eigenvalue weighted by Gasteiger charge is 2.20. The third-order valence-corrected chi connectivity index (χ3v) is 3.03. The Kier molecular flexibility index (Phi) is 4.07. The summed E-state index contributed by atoms with van der Waals surface area (Å²) in [6.45, 7) is 6.17. The molecule has 1 aliphatic carbocycles. The Bertz CT molecular complexity index is 562. The Hall–Kier alpha value is -1.90. The fourth-order valence-corrected chi connectivity index (χ4v) is 2.22. The molecule has 0 heterocycles. The zero-order valence-electron chi connectivity index (χ0n) is 12.2. The fourth-order valence-electron chi connectivity index (χ4n) is 2.22. The first-order valence-electron chi connectivity index (χ1n) is 6.81. The number of benzene rings is 1. The second-order valence-electron chi connectivity index (χ2n) is 6.10. The van der Waals surface area contributed by atoms with Crippen LogP contribution >= 0.6 is 0 Å². The van der Waals surface area contributed by atoms with Crippen molar-refractivity contribution in [2.75, 3.05) is 0 Å². The maximum atomic E-state index is 13.0. The molecule has 0 radical (unpaired) electrons. The van der Waals surface area contributed by atoms with Crippen LogP contribution in [-0.4, -0.2) is 11.3 Å². The number of halogens is 1. The van der Waals surface area contributed by atoms with Crippen molar-refractivity contribution in [3.8, 4) is 0 Å². The summed E-state index contributed by atoms with van der Waals surface area (Å²) in [5, 5.41) is 3.41. The van der Waals surface area contributed by atoms with Crippen LogP contribution in [0.15, 0.2) is 47.7 Å². The SMILES string of the molecule is CC(C)(C)N/C(Cc1ccc(F)cc1)=C1/C=CCC1=O. The Morgan fingerprint density at radius 3 is 2.40 bits per heavy atom. The van der Waals surface area contributed by atoms with Gasteiger partial charge < -0.3 is 5.32 Å². The molecule has 106 valence electrons. The summed E-state index contributed by atoms with van der Waals surface area (Å²) in [5.74, 6) is -0.109. The van der Waals surface area contributed by atoms with Crippen LogP contribution in [0.25, 0.3) is 0 Å². The second-order valence-corrected chi connectivity index (χ2v) is 6.10. The molecule has 1 aliphatic rings. The van der Waals surface area contributed by atoms with Crippen molar-refractivity contribution in [2.24, 2.45) is 0 Å². The van der Waals surface area contributed by atoms with E-state index in [0.717, 1.165) is 16.8 Å². The van der Waals surface area contributed by atoms with Crippen molar-refractivity contribution in [1.82, 2.24) is 5.32 Å². The molecule has 0 bridgehead atoms. The van der Waals surface area contributed by atoms with Gasteiger partial charge in [0.15, 0.2) is 5.78 Å². The number of rotatable bonds is 3. The molecule has 0 spiro atoms. The van der Waals surface area contributed by atoms with Crippen LogP contribution in [0.1, 0.15) is 32.8 Å². The van der Waals surface area contributed by atoms with E-state index in [9.17, 15) is 9.18 Å². The number of Topliss-reactive ketones (excluding diaryl/α,β-unsaturated/α-hetero) is 1. The maximum absolute atomic E-state index is 13.0. The summed E-state index contributed by atoms with van der Waals surface area (Å²) in [6.07, 6.45) is 4.82. The Morgan fingerprint density at radius 1 is 1.25 bits per heavy atom. The van der Waals surface area contributed by atoms with Crippen LogP contribution in [0.5, 0.6) is 0 Å². The molecular weight excluding hydrogens is 253 g/mol. The molecule has 0 unspecified atom stereocenters. The van der Waals surface area contributed by atoms with Crippen LogP contribution in [0, 0.1) is 5.82 Å². The third-order valence-electron chi connectivity index (χ3n) is 3.03. The predicted octanol–water partition coefficient (Wildman–Crippen LogP) is 3.54.